The first-order chi connectivity index (χ1) is 12.4. The van der Waals surface area contributed by atoms with E-state index in [1.54, 1.807) is 31.1 Å². The van der Waals surface area contributed by atoms with Crippen LogP contribution in [0, 0.1) is 0 Å². The predicted molar refractivity (Wildman–Crippen MR) is 93.9 cm³/mol. The first-order valence-electron chi connectivity index (χ1n) is 7.76. The molecule has 0 atom stereocenters. The highest BCUT2D eigenvalue weighted by molar-refractivity contribution is 5.82. The lowest BCUT2D eigenvalue weighted by molar-refractivity contribution is -0.137. The number of alkyl halides is 3. The number of hydrogen-bond acceptors (Lipinski definition) is 3. The van der Waals surface area contributed by atoms with Gasteiger partial charge in [0.1, 0.15) is 5.75 Å². The zero-order valence-electron chi connectivity index (χ0n) is 14.2. The molecule has 0 aliphatic rings. The summed E-state index contributed by atoms with van der Waals surface area (Å²) < 4.78 is 44.6. The topological polar surface area (TPSA) is 39.4 Å². The largest absolute Gasteiger partial charge is 0.497 e. The van der Waals surface area contributed by atoms with Crippen molar-refractivity contribution in [2.24, 2.45) is 12.0 Å². The molecule has 0 unspecified atom stereocenters. The Morgan fingerprint density at radius 2 is 1.69 bits per heavy atom. The maximum Gasteiger partial charge on any atom is 0.416 e. The van der Waals surface area contributed by atoms with Gasteiger partial charge in [-0.05, 0) is 42.0 Å². The standard InChI is InChI=1S/C19H16F3N3O/c1-25-18(23-12-13-3-9-16(26-2)10-4-13)11-17(24-25)14-5-7-15(8-6-14)19(20,21)22/h3-12H,1-2H3. The molecule has 1 aromatic heterocycles. The van der Waals surface area contributed by atoms with E-state index in [0.29, 0.717) is 17.1 Å². The minimum absolute atomic E-state index is 0.558. The second-order valence-electron chi connectivity index (χ2n) is 5.62. The number of hydrogen-bond donors (Lipinski definition) is 0. The van der Waals surface area contributed by atoms with Gasteiger partial charge in [0.2, 0.25) is 0 Å². The summed E-state index contributed by atoms with van der Waals surface area (Å²) in [5.41, 5.74) is 1.36. The fourth-order valence-corrected chi connectivity index (χ4v) is 2.38. The zero-order chi connectivity index (χ0) is 18.7. The summed E-state index contributed by atoms with van der Waals surface area (Å²) in [4.78, 5) is 4.39. The minimum Gasteiger partial charge on any atom is -0.497 e. The van der Waals surface area contributed by atoms with Gasteiger partial charge in [0.05, 0.1) is 18.4 Å². The van der Waals surface area contributed by atoms with Crippen LogP contribution in [0.15, 0.2) is 59.6 Å². The van der Waals surface area contributed by atoms with Crippen LogP contribution in [0.1, 0.15) is 11.1 Å². The Hall–Kier alpha value is -3.09. The Morgan fingerprint density at radius 1 is 1.04 bits per heavy atom. The molecule has 1 heterocycles. The molecule has 0 N–H and O–H groups in total. The van der Waals surface area contributed by atoms with Crippen LogP contribution in [-0.2, 0) is 13.2 Å². The summed E-state index contributed by atoms with van der Waals surface area (Å²) in [6.45, 7) is 0. The lowest BCUT2D eigenvalue weighted by atomic mass is 10.1. The van der Waals surface area contributed by atoms with Crippen molar-refractivity contribution in [1.82, 2.24) is 9.78 Å². The summed E-state index contributed by atoms with van der Waals surface area (Å²) in [5, 5.41) is 4.31. The smallest absolute Gasteiger partial charge is 0.416 e. The van der Waals surface area contributed by atoms with Crippen molar-refractivity contribution in [3.63, 3.8) is 0 Å². The van der Waals surface area contributed by atoms with Crippen LogP contribution in [-0.4, -0.2) is 23.1 Å². The Kier molecular flexibility index (Phi) is 4.79. The van der Waals surface area contributed by atoms with Crippen molar-refractivity contribution in [1.29, 1.82) is 0 Å². The second kappa shape index (κ2) is 7.03. The molecule has 7 heteroatoms. The molecule has 0 aliphatic heterocycles. The Bertz CT molecular complexity index is 911. The Morgan fingerprint density at radius 3 is 2.27 bits per heavy atom. The summed E-state index contributed by atoms with van der Waals surface area (Å²) in [5.74, 6) is 1.35. The molecule has 0 fully saturated rings. The van der Waals surface area contributed by atoms with E-state index in [2.05, 4.69) is 10.1 Å². The summed E-state index contributed by atoms with van der Waals surface area (Å²) in [6, 6.07) is 14.0. The van der Waals surface area contributed by atoms with Crippen LogP contribution < -0.4 is 4.74 Å². The third kappa shape index (κ3) is 3.93. The Balaban J connectivity index is 1.81. The molecular formula is C19H16F3N3O. The number of aromatic nitrogens is 2. The van der Waals surface area contributed by atoms with Crippen LogP contribution >= 0.6 is 0 Å². The maximum absolute atomic E-state index is 12.7. The van der Waals surface area contributed by atoms with Crippen LogP contribution in [0.2, 0.25) is 0 Å². The van der Waals surface area contributed by atoms with Gasteiger partial charge in [0, 0.05) is 24.9 Å². The van der Waals surface area contributed by atoms with Crippen LogP contribution in [0.25, 0.3) is 11.3 Å². The number of ether oxygens (including phenoxy) is 1. The van der Waals surface area contributed by atoms with Crippen molar-refractivity contribution in [3.8, 4) is 17.0 Å². The van der Waals surface area contributed by atoms with Crippen molar-refractivity contribution < 1.29 is 17.9 Å². The average Bonchev–Trinajstić information content (AvgIpc) is 3.00. The summed E-state index contributed by atoms with van der Waals surface area (Å²) >= 11 is 0. The molecule has 0 spiro atoms. The maximum atomic E-state index is 12.7. The van der Waals surface area contributed by atoms with Gasteiger partial charge in [-0.15, -0.1) is 0 Å². The number of rotatable bonds is 4. The number of benzene rings is 2. The monoisotopic (exact) mass is 359 g/mol. The quantitative estimate of drug-likeness (QED) is 0.624. The van der Waals surface area contributed by atoms with Crippen molar-refractivity contribution >= 4 is 12.0 Å². The van der Waals surface area contributed by atoms with Gasteiger partial charge in [-0.2, -0.15) is 18.3 Å². The first kappa shape index (κ1) is 17.7. The van der Waals surface area contributed by atoms with Crippen molar-refractivity contribution in [2.75, 3.05) is 7.11 Å². The molecule has 3 aromatic rings. The lowest BCUT2D eigenvalue weighted by Gasteiger charge is -2.06. The van der Waals surface area contributed by atoms with Gasteiger partial charge < -0.3 is 4.74 Å². The van der Waals surface area contributed by atoms with E-state index in [1.165, 1.54) is 12.1 Å². The van der Waals surface area contributed by atoms with E-state index in [4.69, 9.17) is 4.74 Å². The molecule has 134 valence electrons. The molecule has 0 aliphatic carbocycles. The molecule has 0 bridgehead atoms. The number of nitrogens with zero attached hydrogens (tertiary/aromatic N) is 3. The molecule has 0 radical (unpaired) electrons. The molecule has 4 nitrogen and oxygen atoms in total. The van der Waals surface area contributed by atoms with Gasteiger partial charge in [-0.25, -0.2) is 4.99 Å². The van der Waals surface area contributed by atoms with Gasteiger partial charge in [0.25, 0.3) is 0 Å². The normalized spacial score (nSPS) is 11.9. The van der Waals surface area contributed by atoms with E-state index >= 15 is 0 Å². The van der Waals surface area contributed by atoms with Crippen LogP contribution in [0.4, 0.5) is 19.0 Å². The predicted octanol–water partition coefficient (Wildman–Crippen LogP) is 4.87. The van der Waals surface area contributed by atoms with Crippen LogP contribution in [0.3, 0.4) is 0 Å². The zero-order valence-corrected chi connectivity index (χ0v) is 14.2. The van der Waals surface area contributed by atoms with E-state index in [0.717, 1.165) is 23.4 Å². The summed E-state index contributed by atoms with van der Waals surface area (Å²) in [7, 11) is 3.33. The number of aryl methyl sites for hydroxylation is 1. The van der Waals surface area contributed by atoms with Crippen molar-refractivity contribution in [2.45, 2.75) is 6.18 Å². The van der Waals surface area contributed by atoms with E-state index in [1.807, 2.05) is 24.3 Å². The first-order valence-corrected chi connectivity index (χ1v) is 7.76. The number of aliphatic imine (C=N–C) groups is 1. The minimum atomic E-state index is -4.35. The highest BCUT2D eigenvalue weighted by Gasteiger charge is 2.30. The lowest BCUT2D eigenvalue weighted by Crippen LogP contribution is -2.04. The molecule has 0 saturated heterocycles. The molecule has 26 heavy (non-hydrogen) atoms. The van der Waals surface area contributed by atoms with Gasteiger partial charge in [0.15, 0.2) is 5.82 Å². The third-order valence-corrected chi connectivity index (χ3v) is 3.82. The van der Waals surface area contributed by atoms with Gasteiger partial charge >= 0.3 is 6.18 Å². The van der Waals surface area contributed by atoms with E-state index in [-0.39, 0.29) is 0 Å². The molecule has 2 aromatic carbocycles. The fraction of sp³-hybridized carbons (Fsp3) is 0.158. The SMILES string of the molecule is COc1ccc(C=Nc2cc(-c3ccc(C(F)(F)F)cc3)nn2C)cc1. The Labute approximate surface area is 148 Å². The molecule has 3 rings (SSSR count). The summed E-state index contributed by atoms with van der Waals surface area (Å²) in [6.07, 6.45) is -2.66. The highest BCUT2D eigenvalue weighted by Crippen LogP contribution is 2.31. The van der Waals surface area contributed by atoms with E-state index < -0.39 is 11.7 Å². The average molecular weight is 359 g/mol. The molecular weight excluding hydrogens is 343 g/mol. The molecule has 0 amide bonds. The van der Waals surface area contributed by atoms with Gasteiger partial charge in [-0.1, -0.05) is 12.1 Å². The highest BCUT2D eigenvalue weighted by atomic mass is 19.4. The second-order valence-corrected chi connectivity index (χ2v) is 5.62. The number of methoxy groups -OCH3 is 1. The van der Waals surface area contributed by atoms with Gasteiger partial charge in [-0.3, -0.25) is 4.68 Å². The number of halogens is 3. The fourth-order valence-electron chi connectivity index (χ4n) is 2.38. The van der Waals surface area contributed by atoms with Crippen molar-refractivity contribution in [3.05, 3.63) is 65.7 Å². The van der Waals surface area contributed by atoms with E-state index in [9.17, 15) is 13.2 Å². The third-order valence-electron chi connectivity index (χ3n) is 3.82. The molecule has 0 saturated carbocycles. The van der Waals surface area contributed by atoms with Crippen LogP contribution in [0.5, 0.6) is 5.75 Å².